The van der Waals surface area contributed by atoms with E-state index in [1.165, 1.54) is 11.1 Å². The number of thiocarbonyl (C=S) groups is 1. The molecule has 0 unspecified atom stereocenters. The Morgan fingerprint density at radius 2 is 2.17 bits per heavy atom. The van der Waals surface area contributed by atoms with Crippen LogP contribution in [0.5, 0.6) is 5.75 Å². The van der Waals surface area contributed by atoms with E-state index < -0.39 is 0 Å². The van der Waals surface area contributed by atoms with Crippen molar-refractivity contribution in [3.63, 3.8) is 0 Å². The number of aromatic nitrogens is 1. The average molecular weight is 327 g/mol. The molecule has 2 N–H and O–H groups in total. The first-order chi connectivity index (χ1) is 11.2. The monoisotopic (exact) mass is 327 g/mol. The molecule has 0 amide bonds. The van der Waals surface area contributed by atoms with E-state index in [9.17, 15) is 0 Å². The molecule has 0 aliphatic heterocycles. The van der Waals surface area contributed by atoms with Crippen LogP contribution in [-0.2, 0) is 6.42 Å². The maximum absolute atomic E-state index is 5.45. The van der Waals surface area contributed by atoms with Gasteiger partial charge in [0.15, 0.2) is 5.11 Å². The van der Waals surface area contributed by atoms with Gasteiger partial charge in [-0.25, -0.2) is 4.98 Å². The number of benzene rings is 1. The average Bonchev–Trinajstić information content (AvgIpc) is 2.54. The number of hydrogen-bond donors (Lipinski definition) is 2. The van der Waals surface area contributed by atoms with E-state index in [2.05, 4.69) is 27.8 Å². The number of methoxy groups -OCH3 is 1. The summed E-state index contributed by atoms with van der Waals surface area (Å²) in [5.41, 5.74) is 3.61. The van der Waals surface area contributed by atoms with Crippen molar-refractivity contribution in [1.82, 2.24) is 10.3 Å². The van der Waals surface area contributed by atoms with Gasteiger partial charge >= 0.3 is 0 Å². The fraction of sp³-hybridized carbons (Fsp3) is 0.333. The van der Waals surface area contributed by atoms with Crippen LogP contribution in [-0.4, -0.2) is 17.2 Å². The molecule has 1 heterocycles. The van der Waals surface area contributed by atoms with Crippen molar-refractivity contribution in [3.05, 3.63) is 53.2 Å². The predicted molar refractivity (Wildman–Crippen MR) is 97.0 cm³/mol. The summed E-state index contributed by atoms with van der Waals surface area (Å²) in [6.07, 6.45) is 3.30. The minimum Gasteiger partial charge on any atom is -0.497 e. The van der Waals surface area contributed by atoms with Gasteiger partial charge in [0.25, 0.3) is 0 Å². The standard InChI is InChI=1S/C18H21N3OS/c1-12-5-3-8-17(19-12)21-18(23)20-16-7-4-6-13-11-14(22-2)9-10-15(13)16/h3,5,8-11,16H,4,6-7H2,1-2H3,(H2,19,20,21,23)/t16-/m0/s1. The van der Waals surface area contributed by atoms with Gasteiger partial charge in [-0.3, -0.25) is 0 Å². The number of nitrogens with one attached hydrogen (secondary N) is 2. The van der Waals surface area contributed by atoms with Gasteiger partial charge in [-0.05, 0) is 73.8 Å². The number of aryl methyl sites for hydroxylation is 2. The minimum absolute atomic E-state index is 0.231. The van der Waals surface area contributed by atoms with E-state index in [1.54, 1.807) is 7.11 Å². The molecule has 1 aliphatic carbocycles. The van der Waals surface area contributed by atoms with Crippen molar-refractivity contribution in [3.8, 4) is 5.75 Å². The summed E-state index contributed by atoms with van der Waals surface area (Å²) in [7, 11) is 1.70. The maximum Gasteiger partial charge on any atom is 0.172 e. The number of pyridine rings is 1. The molecule has 0 saturated heterocycles. The van der Waals surface area contributed by atoms with Gasteiger partial charge in [-0.2, -0.15) is 0 Å². The zero-order valence-corrected chi connectivity index (χ0v) is 14.2. The lowest BCUT2D eigenvalue weighted by Gasteiger charge is -2.28. The molecule has 1 aromatic heterocycles. The van der Waals surface area contributed by atoms with Crippen LogP contribution in [0.2, 0.25) is 0 Å². The second kappa shape index (κ2) is 6.96. The molecule has 2 aromatic rings. The lowest BCUT2D eigenvalue weighted by molar-refractivity contribution is 0.412. The zero-order valence-electron chi connectivity index (χ0n) is 13.4. The van der Waals surface area contributed by atoms with Crippen LogP contribution >= 0.6 is 12.2 Å². The summed E-state index contributed by atoms with van der Waals surface area (Å²) in [5.74, 6) is 1.68. The van der Waals surface area contributed by atoms with Crippen molar-refractivity contribution >= 4 is 23.1 Å². The number of ether oxygens (including phenoxy) is 1. The largest absolute Gasteiger partial charge is 0.497 e. The summed E-state index contributed by atoms with van der Waals surface area (Å²) in [6.45, 7) is 1.96. The van der Waals surface area contributed by atoms with E-state index in [1.807, 2.05) is 31.2 Å². The number of fused-ring (bicyclic) bond motifs is 1. The van der Waals surface area contributed by atoms with Crippen molar-refractivity contribution in [2.24, 2.45) is 0 Å². The van der Waals surface area contributed by atoms with E-state index in [-0.39, 0.29) is 6.04 Å². The van der Waals surface area contributed by atoms with E-state index in [0.29, 0.717) is 5.11 Å². The van der Waals surface area contributed by atoms with Gasteiger partial charge in [0, 0.05) is 5.69 Å². The highest BCUT2D eigenvalue weighted by molar-refractivity contribution is 7.80. The minimum atomic E-state index is 0.231. The summed E-state index contributed by atoms with van der Waals surface area (Å²) in [6, 6.07) is 12.4. The molecule has 0 radical (unpaired) electrons. The van der Waals surface area contributed by atoms with E-state index in [0.717, 1.165) is 36.5 Å². The van der Waals surface area contributed by atoms with Crippen molar-refractivity contribution < 1.29 is 4.74 Å². The topological polar surface area (TPSA) is 46.2 Å². The highest BCUT2D eigenvalue weighted by Crippen LogP contribution is 2.32. The molecule has 0 fully saturated rings. The molecule has 5 heteroatoms. The molecule has 4 nitrogen and oxygen atoms in total. The molecule has 23 heavy (non-hydrogen) atoms. The molecule has 1 aromatic carbocycles. The highest BCUT2D eigenvalue weighted by Gasteiger charge is 2.21. The van der Waals surface area contributed by atoms with Crippen LogP contribution in [0.15, 0.2) is 36.4 Å². The van der Waals surface area contributed by atoms with Crippen LogP contribution in [0.25, 0.3) is 0 Å². The second-order valence-electron chi connectivity index (χ2n) is 5.77. The van der Waals surface area contributed by atoms with Crippen LogP contribution in [0.3, 0.4) is 0 Å². The molecule has 1 aliphatic rings. The van der Waals surface area contributed by atoms with Crippen molar-refractivity contribution in [2.75, 3.05) is 12.4 Å². The van der Waals surface area contributed by atoms with E-state index in [4.69, 9.17) is 17.0 Å². The van der Waals surface area contributed by atoms with Gasteiger partial charge in [0.2, 0.25) is 0 Å². The van der Waals surface area contributed by atoms with Gasteiger partial charge in [-0.15, -0.1) is 0 Å². The third kappa shape index (κ3) is 3.79. The normalized spacial score (nSPS) is 16.3. The van der Waals surface area contributed by atoms with Gasteiger partial charge in [-0.1, -0.05) is 12.1 Å². The molecule has 3 rings (SSSR count). The SMILES string of the molecule is COc1ccc2c(c1)CCC[C@@H]2NC(=S)Nc1cccc(C)n1. The Morgan fingerprint density at radius 3 is 2.96 bits per heavy atom. The smallest absolute Gasteiger partial charge is 0.172 e. The summed E-state index contributed by atoms with van der Waals surface area (Å²) in [5, 5.41) is 7.20. The van der Waals surface area contributed by atoms with E-state index >= 15 is 0 Å². The van der Waals surface area contributed by atoms with Crippen molar-refractivity contribution in [2.45, 2.75) is 32.2 Å². The Kier molecular flexibility index (Phi) is 4.76. The second-order valence-corrected chi connectivity index (χ2v) is 6.18. The zero-order chi connectivity index (χ0) is 16.2. The number of rotatable bonds is 3. The van der Waals surface area contributed by atoms with Crippen LogP contribution < -0.4 is 15.4 Å². The van der Waals surface area contributed by atoms with Gasteiger partial charge in [0.05, 0.1) is 13.2 Å². The van der Waals surface area contributed by atoms with Gasteiger partial charge < -0.3 is 15.4 Å². The number of hydrogen-bond acceptors (Lipinski definition) is 3. The molecular weight excluding hydrogens is 306 g/mol. The summed E-state index contributed by atoms with van der Waals surface area (Å²) in [4.78, 5) is 4.42. The molecule has 0 spiro atoms. The number of anilines is 1. The Hall–Kier alpha value is -2.14. The summed E-state index contributed by atoms with van der Waals surface area (Å²) >= 11 is 5.45. The summed E-state index contributed by atoms with van der Waals surface area (Å²) < 4.78 is 5.32. The lowest BCUT2D eigenvalue weighted by Crippen LogP contribution is -2.34. The van der Waals surface area contributed by atoms with Gasteiger partial charge in [0.1, 0.15) is 11.6 Å². The molecular formula is C18H21N3OS. The quantitative estimate of drug-likeness (QED) is 0.841. The highest BCUT2D eigenvalue weighted by atomic mass is 32.1. The van der Waals surface area contributed by atoms with Crippen LogP contribution in [0.4, 0.5) is 5.82 Å². The molecule has 0 bridgehead atoms. The molecule has 0 saturated carbocycles. The van der Waals surface area contributed by atoms with Crippen molar-refractivity contribution in [1.29, 1.82) is 0 Å². The first-order valence-corrected chi connectivity index (χ1v) is 8.24. The van der Waals surface area contributed by atoms with Crippen LogP contribution in [0.1, 0.15) is 35.7 Å². The fourth-order valence-corrected chi connectivity index (χ4v) is 3.24. The predicted octanol–water partition coefficient (Wildman–Crippen LogP) is 3.76. The van der Waals surface area contributed by atoms with Crippen LogP contribution in [0, 0.1) is 6.92 Å². The third-order valence-electron chi connectivity index (χ3n) is 4.10. The number of nitrogens with zero attached hydrogens (tertiary/aromatic N) is 1. The molecule has 120 valence electrons. The molecule has 1 atom stereocenters. The Balaban J connectivity index is 1.70. The maximum atomic E-state index is 5.45. The Morgan fingerprint density at radius 1 is 1.30 bits per heavy atom. The first kappa shape index (κ1) is 15.7. The third-order valence-corrected chi connectivity index (χ3v) is 4.32. The lowest BCUT2D eigenvalue weighted by atomic mass is 9.87. The fourth-order valence-electron chi connectivity index (χ4n) is 2.99. The Bertz CT molecular complexity index is 717. The first-order valence-electron chi connectivity index (χ1n) is 7.83. The Labute approximate surface area is 142 Å².